The van der Waals surface area contributed by atoms with E-state index in [4.69, 9.17) is 9.47 Å². The molecule has 0 unspecified atom stereocenters. The van der Waals surface area contributed by atoms with Crippen LogP contribution in [0.15, 0.2) is 28.7 Å². The molecule has 0 saturated carbocycles. The number of carbonyl (C=O) groups is 4. The maximum atomic E-state index is 13.7. The van der Waals surface area contributed by atoms with E-state index in [9.17, 15) is 29.4 Å². The maximum absolute atomic E-state index is 13.7. The molecule has 41 heavy (non-hydrogen) atoms. The molecule has 2 aromatic carbocycles. The van der Waals surface area contributed by atoms with Crippen molar-refractivity contribution in [2.45, 2.75) is 104 Å². The number of benzene rings is 2. The third-order valence-electron chi connectivity index (χ3n) is 6.70. The summed E-state index contributed by atoms with van der Waals surface area (Å²) < 4.78 is 11.7. The summed E-state index contributed by atoms with van der Waals surface area (Å²) in [5.74, 6) is -5.46. The number of hydrogen-bond acceptors (Lipinski definition) is 8. The summed E-state index contributed by atoms with van der Waals surface area (Å²) >= 11 is 3.40. The van der Waals surface area contributed by atoms with Crippen LogP contribution in [0.2, 0.25) is 0 Å². The van der Waals surface area contributed by atoms with E-state index in [0.29, 0.717) is 29.3 Å². The first kappa shape index (κ1) is 34.0. The standard InChI is InChI=1S/C32H41BrO8/c1-4-7-10-17-23(34)26-28(32(39)40-20-21-15-13-14-16-22(21)33)27(24(35)18-11-8-5-2)31(30(38)29(26)37)41-25(36)19-12-9-6-3/h13-16,37-38H,4-12,17-20H2,1-3H3. The Morgan fingerprint density at radius 1 is 0.707 bits per heavy atom. The summed E-state index contributed by atoms with van der Waals surface area (Å²) in [6.45, 7) is 5.72. The molecule has 0 saturated heterocycles. The molecule has 8 nitrogen and oxygen atoms in total. The van der Waals surface area contributed by atoms with Crippen LogP contribution in [0.25, 0.3) is 0 Å². The Bertz CT molecular complexity index is 1220. The number of ketones is 2. The predicted octanol–water partition coefficient (Wildman–Crippen LogP) is 8.23. The zero-order valence-electron chi connectivity index (χ0n) is 24.2. The third-order valence-corrected chi connectivity index (χ3v) is 7.47. The molecule has 0 bridgehead atoms. The van der Waals surface area contributed by atoms with Gasteiger partial charge in [0.15, 0.2) is 23.1 Å². The smallest absolute Gasteiger partial charge is 0.340 e. The molecule has 9 heteroatoms. The molecular weight excluding hydrogens is 592 g/mol. The summed E-state index contributed by atoms with van der Waals surface area (Å²) in [4.78, 5) is 53.4. The fraction of sp³-hybridized carbons (Fsp3) is 0.500. The Morgan fingerprint density at radius 3 is 1.80 bits per heavy atom. The van der Waals surface area contributed by atoms with Gasteiger partial charge in [0, 0.05) is 29.3 Å². The highest BCUT2D eigenvalue weighted by molar-refractivity contribution is 9.10. The summed E-state index contributed by atoms with van der Waals surface area (Å²) in [6, 6.07) is 7.08. The second kappa shape index (κ2) is 17.6. The molecule has 2 rings (SSSR count). The number of Topliss-reactive ketones (excluding diaryl/α,β-unsaturated/α-hetero) is 2. The van der Waals surface area contributed by atoms with E-state index in [1.807, 2.05) is 20.8 Å². The van der Waals surface area contributed by atoms with Crippen molar-refractivity contribution in [3.05, 3.63) is 51.0 Å². The van der Waals surface area contributed by atoms with Gasteiger partial charge in [-0.2, -0.15) is 0 Å². The molecule has 2 N–H and O–H groups in total. The molecule has 0 aliphatic heterocycles. The van der Waals surface area contributed by atoms with E-state index in [1.54, 1.807) is 24.3 Å². The van der Waals surface area contributed by atoms with Crippen molar-refractivity contribution in [3.8, 4) is 17.2 Å². The average Bonchev–Trinajstić information content (AvgIpc) is 2.95. The van der Waals surface area contributed by atoms with Gasteiger partial charge in [0.2, 0.25) is 5.75 Å². The Labute approximate surface area is 250 Å². The van der Waals surface area contributed by atoms with E-state index in [0.717, 1.165) is 38.5 Å². The number of rotatable bonds is 18. The van der Waals surface area contributed by atoms with Crippen molar-refractivity contribution in [3.63, 3.8) is 0 Å². The van der Waals surface area contributed by atoms with Crippen molar-refractivity contribution >= 4 is 39.4 Å². The van der Waals surface area contributed by atoms with Crippen LogP contribution < -0.4 is 4.74 Å². The quantitative estimate of drug-likeness (QED) is 0.0553. The van der Waals surface area contributed by atoms with Gasteiger partial charge in [0.25, 0.3) is 0 Å². The fourth-order valence-electron chi connectivity index (χ4n) is 4.38. The van der Waals surface area contributed by atoms with Crippen molar-refractivity contribution in [2.24, 2.45) is 0 Å². The number of hydrogen-bond donors (Lipinski definition) is 2. The number of halogens is 1. The Kier molecular flexibility index (Phi) is 14.6. The molecule has 0 amide bonds. The molecule has 224 valence electrons. The topological polar surface area (TPSA) is 127 Å². The third kappa shape index (κ3) is 9.69. The van der Waals surface area contributed by atoms with Crippen LogP contribution in [0.3, 0.4) is 0 Å². The predicted molar refractivity (Wildman–Crippen MR) is 160 cm³/mol. The molecule has 0 fully saturated rings. The van der Waals surface area contributed by atoms with Crippen LogP contribution >= 0.6 is 15.9 Å². The molecule has 0 aromatic heterocycles. The molecule has 2 aromatic rings. The Balaban J connectivity index is 2.70. The van der Waals surface area contributed by atoms with Gasteiger partial charge >= 0.3 is 11.9 Å². The summed E-state index contributed by atoms with van der Waals surface area (Å²) in [5, 5.41) is 22.0. The van der Waals surface area contributed by atoms with E-state index < -0.39 is 57.4 Å². The second-order valence-electron chi connectivity index (χ2n) is 10.0. The van der Waals surface area contributed by atoms with Crippen LogP contribution in [0.5, 0.6) is 17.2 Å². The van der Waals surface area contributed by atoms with Gasteiger partial charge < -0.3 is 19.7 Å². The van der Waals surface area contributed by atoms with E-state index >= 15 is 0 Å². The molecule has 0 aliphatic rings. The minimum atomic E-state index is -1.04. The molecule has 0 atom stereocenters. The Morgan fingerprint density at radius 2 is 1.24 bits per heavy atom. The van der Waals surface area contributed by atoms with E-state index in [1.165, 1.54) is 0 Å². The zero-order valence-corrected chi connectivity index (χ0v) is 25.8. The first-order valence-electron chi connectivity index (χ1n) is 14.5. The minimum absolute atomic E-state index is 0.0109. The number of unbranched alkanes of at least 4 members (excludes halogenated alkanes) is 6. The SMILES string of the molecule is CCCCCC(=O)Oc1c(O)c(O)c(C(=O)CCCCC)c(C(=O)OCc2ccccc2Br)c1C(=O)CCCCC. The van der Waals surface area contributed by atoms with Crippen molar-refractivity contribution in [1.29, 1.82) is 0 Å². The van der Waals surface area contributed by atoms with Gasteiger partial charge in [-0.15, -0.1) is 0 Å². The van der Waals surface area contributed by atoms with E-state index in [-0.39, 0.29) is 25.9 Å². The molecule has 0 aliphatic carbocycles. The highest BCUT2D eigenvalue weighted by Gasteiger charge is 2.36. The van der Waals surface area contributed by atoms with Crippen LogP contribution in [-0.4, -0.2) is 33.7 Å². The van der Waals surface area contributed by atoms with Gasteiger partial charge in [0.05, 0.1) is 16.7 Å². The zero-order chi connectivity index (χ0) is 30.4. The van der Waals surface area contributed by atoms with Gasteiger partial charge in [-0.05, 0) is 25.3 Å². The lowest BCUT2D eigenvalue weighted by atomic mass is 9.89. The van der Waals surface area contributed by atoms with Crippen molar-refractivity contribution in [1.82, 2.24) is 0 Å². The van der Waals surface area contributed by atoms with Gasteiger partial charge in [-0.25, -0.2) is 4.79 Å². The van der Waals surface area contributed by atoms with Gasteiger partial charge in [-0.3, -0.25) is 14.4 Å². The largest absolute Gasteiger partial charge is 0.504 e. The lowest BCUT2D eigenvalue weighted by Gasteiger charge is -2.20. The van der Waals surface area contributed by atoms with Crippen LogP contribution in [-0.2, 0) is 16.1 Å². The molecule has 0 heterocycles. The lowest BCUT2D eigenvalue weighted by Crippen LogP contribution is -2.21. The number of phenols is 2. The molecule has 0 spiro atoms. The second-order valence-corrected chi connectivity index (χ2v) is 10.9. The number of ether oxygens (including phenoxy) is 2. The fourth-order valence-corrected chi connectivity index (χ4v) is 4.78. The number of phenolic OH excluding ortho intramolecular Hbond substituents is 2. The summed E-state index contributed by atoms with van der Waals surface area (Å²) in [5.41, 5.74) is -0.777. The van der Waals surface area contributed by atoms with Crippen LogP contribution in [0, 0.1) is 0 Å². The van der Waals surface area contributed by atoms with Crippen LogP contribution in [0.1, 0.15) is 134 Å². The number of aromatic hydroxyl groups is 2. The summed E-state index contributed by atoms with van der Waals surface area (Å²) in [7, 11) is 0. The van der Waals surface area contributed by atoms with Crippen molar-refractivity contribution < 1.29 is 38.9 Å². The normalized spacial score (nSPS) is 10.8. The summed E-state index contributed by atoms with van der Waals surface area (Å²) in [6.07, 6.45) is 6.21. The number of esters is 2. The molecular formula is C32H41BrO8. The van der Waals surface area contributed by atoms with Crippen molar-refractivity contribution in [2.75, 3.05) is 0 Å². The first-order chi connectivity index (χ1) is 19.7. The Hall–Kier alpha value is -3.20. The van der Waals surface area contributed by atoms with Crippen LogP contribution in [0.4, 0.5) is 0 Å². The first-order valence-corrected chi connectivity index (χ1v) is 15.3. The average molecular weight is 634 g/mol. The minimum Gasteiger partial charge on any atom is -0.504 e. The monoisotopic (exact) mass is 632 g/mol. The molecule has 0 radical (unpaired) electrons. The van der Waals surface area contributed by atoms with Gasteiger partial charge in [-0.1, -0.05) is 93.4 Å². The van der Waals surface area contributed by atoms with Gasteiger partial charge in [0.1, 0.15) is 6.61 Å². The maximum Gasteiger partial charge on any atom is 0.340 e. The number of carbonyl (C=O) groups excluding carboxylic acids is 4. The highest BCUT2D eigenvalue weighted by atomic mass is 79.9. The van der Waals surface area contributed by atoms with E-state index in [2.05, 4.69) is 15.9 Å². The highest BCUT2D eigenvalue weighted by Crippen LogP contribution is 2.46. The lowest BCUT2D eigenvalue weighted by molar-refractivity contribution is -0.134.